The van der Waals surface area contributed by atoms with Crippen LogP contribution in [0.1, 0.15) is 12.0 Å². The Kier molecular flexibility index (Phi) is 5.63. The minimum absolute atomic E-state index is 0.217. The molecule has 0 bridgehead atoms. The van der Waals surface area contributed by atoms with Gasteiger partial charge in [-0.25, -0.2) is 4.68 Å². The molecule has 0 fully saturated rings. The molecule has 0 aliphatic carbocycles. The van der Waals surface area contributed by atoms with E-state index in [-0.39, 0.29) is 6.42 Å². The number of rotatable bonds is 7. The highest BCUT2D eigenvalue weighted by molar-refractivity contribution is 5.91. The molecule has 0 aliphatic heterocycles. The van der Waals surface area contributed by atoms with Gasteiger partial charge in [0, 0.05) is 11.6 Å². The highest BCUT2D eigenvalue weighted by Crippen LogP contribution is 2.40. The van der Waals surface area contributed by atoms with Gasteiger partial charge < -0.3 is 19.5 Å². The van der Waals surface area contributed by atoms with Gasteiger partial charge in [-0.1, -0.05) is 0 Å². The van der Waals surface area contributed by atoms with Gasteiger partial charge in [0.1, 0.15) is 12.2 Å². The summed E-state index contributed by atoms with van der Waals surface area (Å²) in [5, 5.41) is 15.4. The normalized spacial score (nSPS) is 9.92. The Hall–Kier alpha value is -3.21. The van der Waals surface area contributed by atoms with Crippen LogP contribution in [0, 0.1) is 11.3 Å². The first-order valence-electron chi connectivity index (χ1n) is 7.11. The van der Waals surface area contributed by atoms with Gasteiger partial charge in [0.05, 0.1) is 40.1 Å². The average molecular weight is 330 g/mol. The Bertz CT molecular complexity index is 764. The molecular weight excluding hydrogens is 312 g/mol. The fraction of sp³-hybridized carbons (Fsp3) is 0.312. The Morgan fingerprint density at radius 2 is 1.96 bits per heavy atom. The van der Waals surface area contributed by atoms with Crippen LogP contribution in [0.25, 0.3) is 0 Å². The summed E-state index contributed by atoms with van der Waals surface area (Å²) in [5.74, 6) is 1.67. The van der Waals surface area contributed by atoms with Crippen LogP contribution in [0.5, 0.6) is 17.2 Å². The summed E-state index contributed by atoms with van der Waals surface area (Å²) in [4.78, 5) is 11.6. The van der Waals surface area contributed by atoms with Gasteiger partial charge in [0.15, 0.2) is 11.5 Å². The number of amides is 1. The van der Waals surface area contributed by atoms with E-state index in [9.17, 15) is 4.79 Å². The van der Waals surface area contributed by atoms with E-state index in [4.69, 9.17) is 19.5 Å². The number of aromatic nitrogens is 2. The van der Waals surface area contributed by atoms with Crippen molar-refractivity contribution in [2.45, 2.75) is 13.0 Å². The fourth-order valence-electron chi connectivity index (χ4n) is 2.27. The van der Waals surface area contributed by atoms with Crippen LogP contribution in [0.4, 0.5) is 5.82 Å². The largest absolute Gasteiger partial charge is 0.493 e. The maximum absolute atomic E-state index is 11.6. The lowest BCUT2D eigenvalue weighted by molar-refractivity contribution is -0.115. The van der Waals surface area contributed by atoms with E-state index in [1.807, 2.05) is 6.07 Å². The van der Waals surface area contributed by atoms with Crippen molar-refractivity contribution in [1.29, 1.82) is 5.26 Å². The van der Waals surface area contributed by atoms with Crippen molar-refractivity contribution in [3.05, 3.63) is 30.0 Å². The van der Waals surface area contributed by atoms with E-state index in [1.165, 1.54) is 7.11 Å². The number of nitrogens with zero attached hydrogens (tertiary/aromatic N) is 3. The van der Waals surface area contributed by atoms with E-state index in [0.29, 0.717) is 29.6 Å². The molecule has 0 saturated carbocycles. The molecule has 1 N–H and O–H groups in total. The molecule has 8 heteroatoms. The summed E-state index contributed by atoms with van der Waals surface area (Å²) < 4.78 is 17.7. The number of hydrogen-bond acceptors (Lipinski definition) is 6. The summed E-state index contributed by atoms with van der Waals surface area (Å²) in [5.41, 5.74) is 0.801. The second-order valence-corrected chi connectivity index (χ2v) is 4.75. The monoisotopic (exact) mass is 330 g/mol. The van der Waals surface area contributed by atoms with Crippen LogP contribution in [-0.2, 0) is 11.3 Å². The summed E-state index contributed by atoms with van der Waals surface area (Å²) in [6, 6.07) is 7.07. The topological polar surface area (TPSA) is 98.4 Å². The van der Waals surface area contributed by atoms with Crippen LogP contribution in [0.2, 0.25) is 0 Å². The number of ether oxygens (including phenoxy) is 3. The first-order chi connectivity index (χ1) is 11.6. The lowest BCUT2D eigenvalue weighted by atomic mass is 10.1. The van der Waals surface area contributed by atoms with Gasteiger partial charge in [0.25, 0.3) is 0 Å². The summed E-state index contributed by atoms with van der Waals surface area (Å²) >= 11 is 0. The van der Waals surface area contributed by atoms with Crippen molar-refractivity contribution in [2.24, 2.45) is 0 Å². The Labute approximate surface area is 139 Å². The lowest BCUT2D eigenvalue weighted by Gasteiger charge is -2.16. The third-order valence-electron chi connectivity index (χ3n) is 3.33. The predicted octanol–water partition coefficient (Wildman–Crippen LogP) is 1.81. The first kappa shape index (κ1) is 17.1. The molecule has 0 unspecified atom stereocenters. The smallest absolute Gasteiger partial charge is 0.239 e. The Balaban J connectivity index is 2.31. The molecule has 1 aromatic heterocycles. The number of hydrogen-bond donors (Lipinski definition) is 1. The second kappa shape index (κ2) is 7.87. The number of nitriles is 1. The van der Waals surface area contributed by atoms with Crippen molar-refractivity contribution < 1.29 is 19.0 Å². The van der Waals surface area contributed by atoms with E-state index < -0.39 is 5.91 Å². The number of benzene rings is 1. The molecule has 0 saturated heterocycles. The van der Waals surface area contributed by atoms with Crippen molar-refractivity contribution >= 4 is 11.7 Å². The van der Waals surface area contributed by atoms with Gasteiger partial charge in [-0.3, -0.25) is 4.79 Å². The number of anilines is 1. The van der Waals surface area contributed by atoms with Gasteiger partial charge in [-0.05, 0) is 12.1 Å². The number of carbonyl (C=O) groups is 1. The highest BCUT2D eigenvalue weighted by atomic mass is 16.5. The molecule has 1 heterocycles. The first-order valence-corrected chi connectivity index (χ1v) is 7.11. The molecule has 2 aromatic rings. The molecule has 24 heavy (non-hydrogen) atoms. The predicted molar refractivity (Wildman–Crippen MR) is 86.3 cm³/mol. The molecule has 8 nitrogen and oxygen atoms in total. The molecule has 0 aliphatic rings. The second-order valence-electron chi connectivity index (χ2n) is 4.75. The van der Waals surface area contributed by atoms with Crippen molar-refractivity contribution in [1.82, 2.24) is 9.78 Å². The van der Waals surface area contributed by atoms with E-state index >= 15 is 0 Å². The summed E-state index contributed by atoms with van der Waals surface area (Å²) in [6.45, 7) is 0.346. The van der Waals surface area contributed by atoms with Crippen LogP contribution >= 0.6 is 0 Å². The SMILES string of the molecule is COc1ccc(Cn2nccc2NC(=O)CC#N)c(OC)c1OC. The van der Waals surface area contributed by atoms with Crippen LogP contribution in [0.15, 0.2) is 24.4 Å². The summed E-state index contributed by atoms with van der Waals surface area (Å²) in [7, 11) is 4.62. The van der Waals surface area contributed by atoms with Crippen LogP contribution in [-0.4, -0.2) is 37.0 Å². The molecule has 0 radical (unpaired) electrons. The highest BCUT2D eigenvalue weighted by Gasteiger charge is 2.17. The van der Waals surface area contributed by atoms with Gasteiger partial charge in [-0.15, -0.1) is 0 Å². The maximum Gasteiger partial charge on any atom is 0.239 e. The number of methoxy groups -OCH3 is 3. The maximum atomic E-state index is 11.6. The quantitative estimate of drug-likeness (QED) is 0.831. The van der Waals surface area contributed by atoms with E-state index in [1.54, 1.807) is 43.3 Å². The fourth-order valence-corrected chi connectivity index (χ4v) is 2.27. The minimum atomic E-state index is -0.390. The zero-order valence-electron chi connectivity index (χ0n) is 13.7. The van der Waals surface area contributed by atoms with Crippen molar-refractivity contribution in [3.8, 4) is 23.3 Å². The van der Waals surface area contributed by atoms with Gasteiger partial charge in [0.2, 0.25) is 11.7 Å². The van der Waals surface area contributed by atoms with Crippen LogP contribution in [0.3, 0.4) is 0 Å². The number of carbonyl (C=O) groups excluding carboxylic acids is 1. The molecular formula is C16H18N4O4. The zero-order chi connectivity index (χ0) is 17.5. The average Bonchev–Trinajstić information content (AvgIpc) is 3.01. The third kappa shape index (κ3) is 3.57. The molecule has 0 spiro atoms. The van der Waals surface area contributed by atoms with Crippen LogP contribution < -0.4 is 19.5 Å². The molecule has 126 valence electrons. The van der Waals surface area contributed by atoms with Gasteiger partial charge in [-0.2, -0.15) is 10.4 Å². The molecule has 2 rings (SSSR count). The zero-order valence-corrected chi connectivity index (χ0v) is 13.7. The molecule has 0 atom stereocenters. The van der Waals surface area contributed by atoms with E-state index in [2.05, 4.69) is 10.4 Å². The minimum Gasteiger partial charge on any atom is -0.493 e. The van der Waals surface area contributed by atoms with Crippen molar-refractivity contribution in [3.63, 3.8) is 0 Å². The van der Waals surface area contributed by atoms with Crippen molar-refractivity contribution in [2.75, 3.05) is 26.6 Å². The number of nitrogens with one attached hydrogen (secondary N) is 1. The molecule has 1 aromatic carbocycles. The lowest BCUT2D eigenvalue weighted by Crippen LogP contribution is -2.15. The van der Waals surface area contributed by atoms with E-state index in [0.717, 1.165) is 5.56 Å². The molecule has 1 amide bonds. The Morgan fingerprint density at radius 3 is 2.58 bits per heavy atom. The Morgan fingerprint density at radius 1 is 1.21 bits per heavy atom. The standard InChI is InChI=1S/C16H18N4O4/c1-22-12-5-4-11(15(23-2)16(12)24-3)10-20-13(7-9-18-20)19-14(21)6-8-17/h4-5,7,9H,6,10H2,1-3H3,(H,19,21). The van der Waals surface area contributed by atoms with Gasteiger partial charge >= 0.3 is 0 Å². The summed E-state index contributed by atoms with van der Waals surface area (Å²) in [6.07, 6.45) is 1.35. The third-order valence-corrected chi connectivity index (χ3v) is 3.33.